The maximum absolute atomic E-state index is 11.9. The van der Waals surface area contributed by atoms with Crippen LogP contribution in [0.2, 0.25) is 0 Å². The molecule has 0 radical (unpaired) electrons. The molecule has 0 spiro atoms. The molecule has 0 saturated carbocycles. The Morgan fingerprint density at radius 2 is 2.27 bits per heavy atom. The molecule has 0 atom stereocenters. The van der Waals surface area contributed by atoms with E-state index in [-0.39, 0.29) is 5.78 Å². The van der Waals surface area contributed by atoms with Crippen LogP contribution in [0, 0.1) is 0 Å². The molecule has 0 aliphatic heterocycles. The summed E-state index contributed by atoms with van der Waals surface area (Å²) in [5.41, 5.74) is 0.528. The highest BCUT2D eigenvalue weighted by Gasteiger charge is 2.16. The second-order valence-electron chi connectivity index (χ2n) is 3.13. The molecule has 0 aliphatic carbocycles. The molecule has 2 heterocycles. The van der Waals surface area contributed by atoms with Crippen molar-refractivity contribution in [2.45, 2.75) is 13.5 Å². The summed E-state index contributed by atoms with van der Waals surface area (Å²) in [6, 6.07) is 0. The van der Waals surface area contributed by atoms with Gasteiger partial charge >= 0.3 is 0 Å². The Morgan fingerprint density at radius 3 is 2.87 bits per heavy atom. The number of rotatable bonds is 3. The molecule has 0 saturated heterocycles. The molecule has 0 amide bonds. The summed E-state index contributed by atoms with van der Waals surface area (Å²) in [4.78, 5) is 15.9. The van der Waals surface area contributed by atoms with Gasteiger partial charge in [0.25, 0.3) is 0 Å². The minimum absolute atomic E-state index is 0.151. The van der Waals surface area contributed by atoms with Gasteiger partial charge in [-0.05, 0) is 6.92 Å². The average molecular weight is 205 g/mol. The number of carbonyl (C=O) groups excluding carboxylic acids is 1. The van der Waals surface area contributed by atoms with Crippen molar-refractivity contribution in [3.8, 4) is 0 Å². The summed E-state index contributed by atoms with van der Waals surface area (Å²) >= 11 is 0. The largest absolute Gasteiger partial charge is 0.285 e. The van der Waals surface area contributed by atoms with Gasteiger partial charge in [-0.2, -0.15) is 10.2 Å². The van der Waals surface area contributed by atoms with Gasteiger partial charge in [-0.1, -0.05) is 0 Å². The van der Waals surface area contributed by atoms with E-state index < -0.39 is 0 Å². The number of hydrogen-bond acceptors (Lipinski definition) is 4. The molecule has 0 aliphatic rings. The van der Waals surface area contributed by atoms with Crippen LogP contribution in [0.25, 0.3) is 0 Å². The fourth-order valence-corrected chi connectivity index (χ4v) is 1.34. The second-order valence-corrected chi connectivity index (χ2v) is 3.13. The average Bonchev–Trinajstić information content (AvgIpc) is 2.84. The van der Waals surface area contributed by atoms with Crippen molar-refractivity contribution in [1.82, 2.24) is 24.5 Å². The van der Waals surface area contributed by atoms with Crippen molar-refractivity contribution in [3.05, 3.63) is 30.1 Å². The Kier molecular flexibility index (Phi) is 2.32. The first kappa shape index (κ1) is 9.57. The van der Waals surface area contributed by atoms with Crippen LogP contribution in [0.3, 0.4) is 0 Å². The van der Waals surface area contributed by atoms with Crippen molar-refractivity contribution >= 4 is 5.78 Å². The molecular weight excluding hydrogens is 194 g/mol. The maximum atomic E-state index is 11.9. The van der Waals surface area contributed by atoms with Crippen LogP contribution in [0.1, 0.15) is 23.1 Å². The van der Waals surface area contributed by atoms with Gasteiger partial charge in [0.05, 0.1) is 11.8 Å². The molecule has 0 unspecified atom stereocenters. The van der Waals surface area contributed by atoms with Gasteiger partial charge in [0.2, 0.25) is 5.78 Å². The molecule has 2 rings (SSSR count). The molecular formula is C9H11N5O. The monoisotopic (exact) mass is 205 g/mol. The van der Waals surface area contributed by atoms with Crippen molar-refractivity contribution in [1.29, 1.82) is 0 Å². The Bertz CT molecular complexity index is 484. The number of carbonyl (C=O) groups is 1. The molecule has 0 fully saturated rings. The third-order valence-electron chi connectivity index (χ3n) is 2.09. The van der Waals surface area contributed by atoms with Gasteiger partial charge < -0.3 is 0 Å². The van der Waals surface area contributed by atoms with Crippen LogP contribution < -0.4 is 0 Å². The van der Waals surface area contributed by atoms with Crippen LogP contribution in [0.15, 0.2) is 18.7 Å². The molecule has 78 valence electrons. The van der Waals surface area contributed by atoms with Crippen molar-refractivity contribution in [3.63, 3.8) is 0 Å². The third kappa shape index (κ3) is 1.65. The van der Waals surface area contributed by atoms with Gasteiger partial charge in [0.15, 0.2) is 5.82 Å². The predicted molar refractivity (Wildman–Crippen MR) is 52.3 cm³/mol. The van der Waals surface area contributed by atoms with Gasteiger partial charge in [-0.15, -0.1) is 0 Å². The Hall–Kier alpha value is -1.98. The summed E-state index contributed by atoms with van der Waals surface area (Å²) < 4.78 is 3.15. The smallest absolute Gasteiger partial charge is 0.233 e. The molecule has 0 N–H and O–H groups in total. The van der Waals surface area contributed by atoms with Crippen LogP contribution in [0.4, 0.5) is 0 Å². The van der Waals surface area contributed by atoms with E-state index in [1.807, 2.05) is 6.92 Å². The van der Waals surface area contributed by atoms with Crippen LogP contribution in [-0.2, 0) is 13.6 Å². The fraction of sp³-hybridized carbons (Fsp3) is 0.333. The Balaban J connectivity index is 2.36. The van der Waals surface area contributed by atoms with E-state index in [4.69, 9.17) is 0 Å². The zero-order valence-corrected chi connectivity index (χ0v) is 8.58. The lowest BCUT2D eigenvalue weighted by atomic mass is 10.2. The summed E-state index contributed by atoms with van der Waals surface area (Å²) in [6.45, 7) is 2.54. The SMILES string of the molecule is CCn1ncnc1C(=O)c1cnn(C)c1. The van der Waals surface area contributed by atoms with Crippen LogP contribution in [0.5, 0.6) is 0 Å². The zero-order valence-electron chi connectivity index (χ0n) is 8.58. The lowest BCUT2D eigenvalue weighted by Gasteiger charge is -1.99. The molecule has 6 nitrogen and oxygen atoms in total. The van der Waals surface area contributed by atoms with E-state index in [1.165, 1.54) is 12.5 Å². The minimum atomic E-state index is -0.151. The molecule has 0 aromatic carbocycles. The van der Waals surface area contributed by atoms with Gasteiger partial charge in [0.1, 0.15) is 6.33 Å². The number of aromatic nitrogens is 5. The Labute approximate surface area is 86.5 Å². The van der Waals surface area contributed by atoms with Crippen molar-refractivity contribution in [2.75, 3.05) is 0 Å². The van der Waals surface area contributed by atoms with E-state index in [2.05, 4.69) is 15.2 Å². The minimum Gasteiger partial charge on any atom is -0.285 e. The first-order chi connectivity index (χ1) is 7.22. The van der Waals surface area contributed by atoms with E-state index in [9.17, 15) is 4.79 Å². The molecule has 6 heteroatoms. The fourth-order valence-electron chi connectivity index (χ4n) is 1.34. The van der Waals surface area contributed by atoms with E-state index in [0.29, 0.717) is 17.9 Å². The quantitative estimate of drug-likeness (QED) is 0.674. The van der Waals surface area contributed by atoms with Gasteiger partial charge in [-0.3, -0.25) is 9.48 Å². The molecule has 2 aromatic rings. The van der Waals surface area contributed by atoms with Crippen molar-refractivity contribution in [2.24, 2.45) is 7.05 Å². The van der Waals surface area contributed by atoms with E-state index in [0.717, 1.165) is 0 Å². The number of hydrogen-bond donors (Lipinski definition) is 0. The summed E-state index contributed by atoms with van der Waals surface area (Å²) in [6.07, 6.45) is 4.57. The van der Waals surface area contributed by atoms with Crippen molar-refractivity contribution < 1.29 is 4.79 Å². The molecule has 15 heavy (non-hydrogen) atoms. The Morgan fingerprint density at radius 1 is 1.47 bits per heavy atom. The number of aryl methyl sites for hydroxylation is 2. The predicted octanol–water partition coefficient (Wildman–Crippen LogP) is 0.262. The second kappa shape index (κ2) is 3.64. The summed E-state index contributed by atoms with van der Waals surface area (Å²) in [5, 5.41) is 7.89. The highest BCUT2D eigenvalue weighted by Crippen LogP contribution is 2.05. The maximum Gasteiger partial charge on any atom is 0.233 e. The third-order valence-corrected chi connectivity index (χ3v) is 2.09. The van der Waals surface area contributed by atoms with Crippen LogP contribution >= 0.6 is 0 Å². The lowest BCUT2D eigenvalue weighted by Crippen LogP contribution is -2.11. The topological polar surface area (TPSA) is 65.6 Å². The van der Waals surface area contributed by atoms with Gasteiger partial charge in [0, 0.05) is 19.8 Å². The summed E-state index contributed by atoms with van der Waals surface area (Å²) in [5.74, 6) is 0.202. The molecule has 2 aromatic heterocycles. The zero-order chi connectivity index (χ0) is 10.8. The molecule has 0 bridgehead atoms. The highest BCUT2D eigenvalue weighted by atomic mass is 16.1. The standard InChI is InChI=1S/C9H11N5O/c1-3-14-9(10-6-12-14)8(15)7-4-11-13(2)5-7/h4-6H,3H2,1-2H3. The highest BCUT2D eigenvalue weighted by molar-refractivity contribution is 6.06. The van der Waals surface area contributed by atoms with E-state index >= 15 is 0 Å². The lowest BCUT2D eigenvalue weighted by molar-refractivity contribution is 0.102. The first-order valence-corrected chi connectivity index (χ1v) is 4.63. The van der Waals surface area contributed by atoms with E-state index in [1.54, 1.807) is 22.6 Å². The first-order valence-electron chi connectivity index (χ1n) is 4.63. The number of nitrogens with zero attached hydrogens (tertiary/aromatic N) is 5. The van der Waals surface area contributed by atoms with Crippen LogP contribution in [-0.4, -0.2) is 30.3 Å². The normalized spacial score (nSPS) is 10.5. The van der Waals surface area contributed by atoms with Gasteiger partial charge in [-0.25, -0.2) is 9.67 Å². The summed E-state index contributed by atoms with van der Waals surface area (Å²) in [7, 11) is 1.77. The number of ketones is 1.